The van der Waals surface area contributed by atoms with E-state index in [1.54, 1.807) is 12.4 Å². The Bertz CT molecular complexity index is 625. The summed E-state index contributed by atoms with van der Waals surface area (Å²) < 4.78 is 0. The smallest absolute Gasteiger partial charge is 0.251 e. The number of amides is 1. The summed E-state index contributed by atoms with van der Waals surface area (Å²) in [5.41, 5.74) is 4.21. The summed E-state index contributed by atoms with van der Waals surface area (Å²) in [5.74, 6) is -0.0453. The van der Waals surface area contributed by atoms with E-state index in [2.05, 4.69) is 15.6 Å². The van der Waals surface area contributed by atoms with Gasteiger partial charge in [0.15, 0.2) is 0 Å². The van der Waals surface area contributed by atoms with Crippen LogP contribution in [0, 0.1) is 0 Å². The van der Waals surface area contributed by atoms with E-state index in [9.17, 15) is 4.79 Å². The van der Waals surface area contributed by atoms with E-state index in [1.807, 2.05) is 37.3 Å². The zero-order valence-corrected chi connectivity index (χ0v) is 11.4. The first-order valence-corrected chi connectivity index (χ1v) is 6.77. The van der Waals surface area contributed by atoms with Crippen LogP contribution < -0.4 is 10.6 Å². The van der Waals surface area contributed by atoms with Gasteiger partial charge in [-0.05, 0) is 41.8 Å². The lowest BCUT2D eigenvalue weighted by Crippen LogP contribution is -2.26. The molecular formula is C16H17N3O. The molecule has 1 aliphatic rings. The van der Waals surface area contributed by atoms with E-state index in [-0.39, 0.29) is 11.9 Å². The molecule has 1 atom stereocenters. The highest BCUT2D eigenvalue weighted by Crippen LogP contribution is 2.18. The summed E-state index contributed by atoms with van der Waals surface area (Å²) in [7, 11) is 0. The monoisotopic (exact) mass is 267 g/mol. The van der Waals surface area contributed by atoms with Crippen LogP contribution in [0.2, 0.25) is 0 Å². The normalized spacial score (nSPS) is 14.7. The molecule has 102 valence electrons. The number of fused-ring (bicyclic) bond motifs is 1. The molecule has 0 aliphatic carbocycles. The van der Waals surface area contributed by atoms with E-state index in [1.165, 1.54) is 11.1 Å². The third-order valence-electron chi connectivity index (χ3n) is 3.63. The molecule has 4 nitrogen and oxygen atoms in total. The van der Waals surface area contributed by atoms with Crippen LogP contribution in [0.25, 0.3) is 0 Å². The standard InChI is InChI=1S/C16H17N3O/c1-11(13-3-2-6-17-8-13)19-16(20)12-4-5-14-9-18-10-15(14)7-12/h2-8,11,18H,9-10H2,1H3,(H,19,20)/t11-/m1/s1. The van der Waals surface area contributed by atoms with Crippen molar-refractivity contribution in [2.45, 2.75) is 26.1 Å². The number of aromatic nitrogens is 1. The third kappa shape index (κ3) is 2.56. The Kier molecular flexibility index (Phi) is 3.48. The Morgan fingerprint density at radius 2 is 2.15 bits per heavy atom. The molecule has 2 heterocycles. The molecule has 0 spiro atoms. The predicted octanol–water partition coefficient (Wildman–Crippen LogP) is 2.18. The maximum absolute atomic E-state index is 12.3. The van der Waals surface area contributed by atoms with Crippen molar-refractivity contribution in [1.29, 1.82) is 0 Å². The highest BCUT2D eigenvalue weighted by molar-refractivity contribution is 5.94. The van der Waals surface area contributed by atoms with E-state index in [4.69, 9.17) is 0 Å². The topological polar surface area (TPSA) is 54.0 Å². The van der Waals surface area contributed by atoms with Gasteiger partial charge in [-0.2, -0.15) is 0 Å². The van der Waals surface area contributed by atoms with Gasteiger partial charge in [-0.1, -0.05) is 12.1 Å². The molecule has 2 aromatic rings. The molecule has 0 radical (unpaired) electrons. The molecule has 4 heteroatoms. The zero-order chi connectivity index (χ0) is 13.9. The number of hydrogen-bond donors (Lipinski definition) is 2. The van der Waals surface area contributed by atoms with Gasteiger partial charge in [0.25, 0.3) is 5.91 Å². The largest absolute Gasteiger partial charge is 0.345 e. The Hall–Kier alpha value is -2.20. The van der Waals surface area contributed by atoms with E-state index in [0.29, 0.717) is 5.56 Å². The van der Waals surface area contributed by atoms with Crippen LogP contribution in [-0.2, 0) is 13.1 Å². The van der Waals surface area contributed by atoms with Gasteiger partial charge >= 0.3 is 0 Å². The second-order valence-electron chi connectivity index (χ2n) is 5.07. The van der Waals surface area contributed by atoms with Gasteiger partial charge in [-0.25, -0.2) is 0 Å². The summed E-state index contributed by atoms with van der Waals surface area (Å²) >= 11 is 0. The van der Waals surface area contributed by atoms with Crippen molar-refractivity contribution in [1.82, 2.24) is 15.6 Å². The second kappa shape index (κ2) is 5.43. The van der Waals surface area contributed by atoms with Gasteiger partial charge in [0.05, 0.1) is 6.04 Å². The van der Waals surface area contributed by atoms with E-state index in [0.717, 1.165) is 18.7 Å². The number of carbonyl (C=O) groups is 1. The van der Waals surface area contributed by atoms with Gasteiger partial charge in [-0.15, -0.1) is 0 Å². The Morgan fingerprint density at radius 3 is 2.95 bits per heavy atom. The summed E-state index contributed by atoms with van der Waals surface area (Å²) in [6.45, 7) is 3.70. The van der Waals surface area contributed by atoms with Crippen LogP contribution in [0.4, 0.5) is 0 Å². The zero-order valence-electron chi connectivity index (χ0n) is 11.4. The Morgan fingerprint density at radius 1 is 1.30 bits per heavy atom. The maximum Gasteiger partial charge on any atom is 0.251 e. The third-order valence-corrected chi connectivity index (χ3v) is 3.63. The Labute approximate surface area is 118 Å². The van der Waals surface area contributed by atoms with Crippen molar-refractivity contribution >= 4 is 5.91 Å². The predicted molar refractivity (Wildman–Crippen MR) is 77.1 cm³/mol. The summed E-state index contributed by atoms with van der Waals surface area (Å²) in [5, 5.41) is 6.28. The van der Waals surface area contributed by atoms with Crippen LogP contribution in [0.15, 0.2) is 42.7 Å². The molecule has 0 saturated heterocycles. The number of benzene rings is 1. The minimum Gasteiger partial charge on any atom is -0.345 e. The van der Waals surface area contributed by atoms with Crippen LogP contribution in [-0.4, -0.2) is 10.9 Å². The quantitative estimate of drug-likeness (QED) is 0.896. The van der Waals surface area contributed by atoms with Crippen LogP contribution in [0.5, 0.6) is 0 Å². The molecule has 1 aliphatic heterocycles. The molecule has 1 amide bonds. The molecule has 1 aromatic heterocycles. The van der Waals surface area contributed by atoms with Crippen molar-refractivity contribution in [3.63, 3.8) is 0 Å². The molecule has 0 unspecified atom stereocenters. The van der Waals surface area contributed by atoms with Crippen LogP contribution >= 0.6 is 0 Å². The van der Waals surface area contributed by atoms with Gasteiger partial charge < -0.3 is 10.6 Å². The second-order valence-corrected chi connectivity index (χ2v) is 5.07. The minimum absolute atomic E-state index is 0.0453. The first-order valence-electron chi connectivity index (χ1n) is 6.77. The first kappa shape index (κ1) is 12.8. The molecule has 0 saturated carbocycles. The lowest BCUT2D eigenvalue weighted by molar-refractivity contribution is 0.0939. The minimum atomic E-state index is -0.0532. The summed E-state index contributed by atoms with van der Waals surface area (Å²) in [6.07, 6.45) is 3.50. The average Bonchev–Trinajstić information content (AvgIpc) is 2.95. The number of rotatable bonds is 3. The fourth-order valence-electron chi connectivity index (χ4n) is 2.43. The fourth-order valence-corrected chi connectivity index (χ4v) is 2.43. The molecular weight excluding hydrogens is 250 g/mol. The number of carbonyl (C=O) groups excluding carboxylic acids is 1. The molecule has 0 fully saturated rings. The molecule has 1 aromatic carbocycles. The van der Waals surface area contributed by atoms with Crippen molar-refractivity contribution in [3.8, 4) is 0 Å². The molecule has 20 heavy (non-hydrogen) atoms. The van der Waals surface area contributed by atoms with E-state index < -0.39 is 0 Å². The summed E-state index contributed by atoms with van der Waals surface area (Å²) in [4.78, 5) is 16.3. The van der Waals surface area contributed by atoms with Crippen LogP contribution in [0.3, 0.4) is 0 Å². The Balaban J connectivity index is 1.73. The number of pyridine rings is 1. The van der Waals surface area contributed by atoms with Crippen LogP contribution in [0.1, 0.15) is 40.0 Å². The van der Waals surface area contributed by atoms with Crippen molar-refractivity contribution in [2.75, 3.05) is 0 Å². The molecule has 3 rings (SSSR count). The van der Waals surface area contributed by atoms with Crippen molar-refractivity contribution < 1.29 is 4.79 Å². The molecule has 0 bridgehead atoms. The van der Waals surface area contributed by atoms with Gasteiger partial charge in [0.1, 0.15) is 0 Å². The lowest BCUT2D eigenvalue weighted by atomic mass is 10.1. The number of nitrogens with one attached hydrogen (secondary N) is 2. The first-order chi connectivity index (χ1) is 9.74. The SMILES string of the molecule is C[C@@H](NC(=O)c1ccc2c(c1)CNC2)c1cccnc1. The molecule has 2 N–H and O–H groups in total. The fraction of sp³-hybridized carbons (Fsp3) is 0.250. The van der Waals surface area contributed by atoms with Crippen molar-refractivity contribution in [2.24, 2.45) is 0 Å². The van der Waals surface area contributed by atoms with Crippen molar-refractivity contribution in [3.05, 3.63) is 65.0 Å². The highest BCUT2D eigenvalue weighted by atomic mass is 16.1. The number of nitrogens with zero attached hydrogens (tertiary/aromatic N) is 1. The lowest BCUT2D eigenvalue weighted by Gasteiger charge is -2.14. The average molecular weight is 267 g/mol. The van der Waals surface area contributed by atoms with Gasteiger partial charge in [0, 0.05) is 31.0 Å². The summed E-state index contributed by atoms with van der Waals surface area (Å²) in [6, 6.07) is 9.67. The highest BCUT2D eigenvalue weighted by Gasteiger charge is 2.15. The van der Waals surface area contributed by atoms with Gasteiger partial charge in [-0.3, -0.25) is 9.78 Å². The maximum atomic E-state index is 12.3. The van der Waals surface area contributed by atoms with Gasteiger partial charge in [0.2, 0.25) is 0 Å². The number of hydrogen-bond acceptors (Lipinski definition) is 3. The van der Waals surface area contributed by atoms with E-state index >= 15 is 0 Å².